The number of nitrogens with two attached hydrogens (primary N) is 1. The number of aromatic nitrogens is 1. The minimum atomic E-state index is -0.285. The number of carbonyl (C=O) groups excluding carboxylic acids is 1. The van der Waals surface area contributed by atoms with Crippen LogP contribution in [0.5, 0.6) is 0 Å². The maximum absolute atomic E-state index is 11.6. The van der Waals surface area contributed by atoms with Crippen molar-refractivity contribution in [2.24, 2.45) is 5.84 Å². The molecule has 4 N–H and O–H groups in total. The second kappa shape index (κ2) is 5.90. The van der Waals surface area contributed by atoms with Gasteiger partial charge in [-0.1, -0.05) is 18.2 Å². The van der Waals surface area contributed by atoms with E-state index in [-0.39, 0.29) is 5.91 Å². The highest BCUT2D eigenvalue weighted by atomic mass is 32.1. The smallest absolute Gasteiger partial charge is 0.277 e. The lowest BCUT2D eigenvalue weighted by molar-refractivity contribution is 0.0958. The van der Waals surface area contributed by atoms with Crippen LogP contribution in [-0.2, 0) is 6.54 Å². The fraction of sp³-hybridized carbons (Fsp3) is 0.0667. The number of rotatable bonds is 4. The van der Waals surface area contributed by atoms with Gasteiger partial charge in [0.1, 0.15) is 4.88 Å². The monoisotopic (exact) mass is 298 g/mol. The first kappa shape index (κ1) is 13.5. The number of nitrogens with zero attached hydrogens (tertiary/aromatic N) is 1. The van der Waals surface area contributed by atoms with Crippen LogP contribution in [-0.4, -0.2) is 10.9 Å². The van der Waals surface area contributed by atoms with Gasteiger partial charge in [0.2, 0.25) is 0 Å². The summed E-state index contributed by atoms with van der Waals surface area (Å²) in [5, 5.41) is 6.25. The summed E-state index contributed by atoms with van der Waals surface area (Å²) >= 11 is 1.35. The molecule has 0 aliphatic heterocycles. The first-order valence-corrected chi connectivity index (χ1v) is 7.32. The number of para-hydroxylation sites is 1. The fourth-order valence-electron chi connectivity index (χ4n) is 2.19. The minimum absolute atomic E-state index is 0.285. The van der Waals surface area contributed by atoms with Crippen molar-refractivity contribution in [3.05, 3.63) is 58.4 Å². The third kappa shape index (κ3) is 2.72. The predicted molar refractivity (Wildman–Crippen MR) is 85.0 cm³/mol. The summed E-state index contributed by atoms with van der Waals surface area (Å²) < 4.78 is 0. The molecule has 3 aromatic rings. The number of anilines is 1. The number of pyridine rings is 1. The summed E-state index contributed by atoms with van der Waals surface area (Å²) in [6.07, 6.45) is 1.79. The third-order valence-corrected chi connectivity index (χ3v) is 4.12. The van der Waals surface area contributed by atoms with E-state index < -0.39 is 0 Å². The SMILES string of the molecule is NNC(=O)c1sccc1NCc1ccnc2ccccc12. The zero-order chi connectivity index (χ0) is 14.7. The first-order valence-electron chi connectivity index (χ1n) is 6.44. The van der Waals surface area contributed by atoms with E-state index in [1.165, 1.54) is 11.3 Å². The van der Waals surface area contributed by atoms with E-state index >= 15 is 0 Å². The van der Waals surface area contributed by atoms with Crippen molar-refractivity contribution in [2.75, 3.05) is 5.32 Å². The van der Waals surface area contributed by atoms with Gasteiger partial charge in [-0.2, -0.15) is 0 Å². The lowest BCUT2D eigenvalue weighted by Gasteiger charge is -2.09. The Hall–Kier alpha value is -2.44. The van der Waals surface area contributed by atoms with Crippen LogP contribution in [0.1, 0.15) is 15.2 Å². The van der Waals surface area contributed by atoms with Gasteiger partial charge in [0.15, 0.2) is 0 Å². The average molecular weight is 298 g/mol. The van der Waals surface area contributed by atoms with Gasteiger partial charge >= 0.3 is 0 Å². The molecule has 21 heavy (non-hydrogen) atoms. The quantitative estimate of drug-likeness (QED) is 0.393. The zero-order valence-corrected chi connectivity index (χ0v) is 12.0. The number of hydrogen-bond acceptors (Lipinski definition) is 5. The molecule has 0 unspecified atom stereocenters. The van der Waals surface area contributed by atoms with E-state index in [0.29, 0.717) is 11.4 Å². The Bertz CT molecular complexity index is 779. The Kier molecular flexibility index (Phi) is 3.81. The van der Waals surface area contributed by atoms with E-state index in [2.05, 4.69) is 15.7 Å². The Balaban J connectivity index is 1.84. The lowest BCUT2D eigenvalue weighted by atomic mass is 10.1. The van der Waals surface area contributed by atoms with Crippen molar-refractivity contribution in [1.29, 1.82) is 0 Å². The normalized spacial score (nSPS) is 10.5. The Labute approximate surface area is 125 Å². The number of amides is 1. The predicted octanol–water partition coefficient (Wildman–Crippen LogP) is 2.51. The molecule has 0 atom stereocenters. The fourth-order valence-corrected chi connectivity index (χ4v) is 2.96. The van der Waals surface area contributed by atoms with Gasteiger partial charge in [-0.3, -0.25) is 15.2 Å². The van der Waals surface area contributed by atoms with Gasteiger partial charge in [0, 0.05) is 18.1 Å². The van der Waals surface area contributed by atoms with Crippen molar-refractivity contribution in [2.45, 2.75) is 6.54 Å². The zero-order valence-electron chi connectivity index (χ0n) is 11.2. The van der Waals surface area contributed by atoms with E-state index in [9.17, 15) is 4.79 Å². The molecule has 0 spiro atoms. The number of nitrogen functional groups attached to an aromatic ring is 1. The average Bonchev–Trinajstić information content (AvgIpc) is 3.00. The van der Waals surface area contributed by atoms with E-state index in [1.54, 1.807) is 6.20 Å². The molecular formula is C15H14N4OS. The van der Waals surface area contributed by atoms with Crippen molar-refractivity contribution in [3.8, 4) is 0 Å². The topological polar surface area (TPSA) is 80.0 Å². The number of hydrogen-bond donors (Lipinski definition) is 3. The Morgan fingerprint density at radius 3 is 2.95 bits per heavy atom. The maximum atomic E-state index is 11.6. The highest BCUT2D eigenvalue weighted by Crippen LogP contribution is 2.24. The number of carbonyl (C=O) groups is 1. The molecule has 5 nitrogen and oxygen atoms in total. The molecule has 0 radical (unpaired) electrons. The summed E-state index contributed by atoms with van der Waals surface area (Å²) in [5.74, 6) is 4.90. The molecule has 0 bridgehead atoms. The van der Waals surface area contributed by atoms with Gasteiger partial charge in [0.25, 0.3) is 5.91 Å². The number of thiophene rings is 1. The summed E-state index contributed by atoms with van der Waals surface area (Å²) in [4.78, 5) is 16.6. The molecule has 106 valence electrons. The van der Waals surface area contributed by atoms with Crippen LogP contribution in [0.15, 0.2) is 48.0 Å². The van der Waals surface area contributed by atoms with Gasteiger partial charge in [-0.05, 0) is 29.1 Å². The second-order valence-electron chi connectivity index (χ2n) is 4.48. The minimum Gasteiger partial charge on any atom is -0.380 e. The standard InChI is InChI=1S/C15H14N4OS/c16-19-15(20)14-13(6-8-21-14)18-9-10-5-7-17-12-4-2-1-3-11(10)12/h1-8,18H,9,16H2,(H,19,20). The van der Waals surface area contributed by atoms with Crippen molar-refractivity contribution < 1.29 is 4.79 Å². The first-order chi connectivity index (χ1) is 10.3. The molecule has 0 saturated heterocycles. The van der Waals surface area contributed by atoms with Crippen molar-refractivity contribution >= 4 is 33.8 Å². The molecular weight excluding hydrogens is 284 g/mol. The van der Waals surface area contributed by atoms with Gasteiger partial charge in [0.05, 0.1) is 11.2 Å². The van der Waals surface area contributed by atoms with Gasteiger partial charge < -0.3 is 5.32 Å². The lowest BCUT2D eigenvalue weighted by Crippen LogP contribution is -2.29. The van der Waals surface area contributed by atoms with E-state index in [1.807, 2.05) is 41.8 Å². The molecule has 0 aliphatic carbocycles. The molecule has 2 heterocycles. The maximum Gasteiger partial charge on any atom is 0.277 e. The third-order valence-electron chi connectivity index (χ3n) is 3.21. The van der Waals surface area contributed by atoms with Gasteiger partial charge in [-0.25, -0.2) is 5.84 Å². The summed E-state index contributed by atoms with van der Waals surface area (Å²) in [7, 11) is 0. The van der Waals surface area contributed by atoms with Crippen molar-refractivity contribution in [1.82, 2.24) is 10.4 Å². The molecule has 6 heteroatoms. The highest BCUT2D eigenvalue weighted by molar-refractivity contribution is 7.12. The number of nitrogens with one attached hydrogen (secondary N) is 2. The number of fused-ring (bicyclic) bond motifs is 1. The molecule has 1 aromatic carbocycles. The molecule has 0 fully saturated rings. The summed E-state index contributed by atoms with van der Waals surface area (Å²) in [6, 6.07) is 11.8. The van der Waals surface area contributed by atoms with Crippen molar-refractivity contribution in [3.63, 3.8) is 0 Å². The van der Waals surface area contributed by atoms with Crippen LogP contribution < -0.4 is 16.6 Å². The number of hydrazine groups is 1. The summed E-state index contributed by atoms with van der Waals surface area (Å²) in [6.45, 7) is 0.616. The van der Waals surface area contributed by atoms with Crippen LogP contribution in [0.25, 0.3) is 10.9 Å². The van der Waals surface area contributed by atoms with Crippen LogP contribution in [0.3, 0.4) is 0 Å². The molecule has 0 saturated carbocycles. The van der Waals surface area contributed by atoms with Gasteiger partial charge in [-0.15, -0.1) is 11.3 Å². The van der Waals surface area contributed by atoms with E-state index in [0.717, 1.165) is 22.2 Å². The molecule has 0 aliphatic rings. The Morgan fingerprint density at radius 2 is 2.10 bits per heavy atom. The van der Waals surface area contributed by atoms with Crippen LogP contribution >= 0.6 is 11.3 Å². The van der Waals surface area contributed by atoms with Crippen LogP contribution in [0, 0.1) is 0 Å². The van der Waals surface area contributed by atoms with Crippen LogP contribution in [0.4, 0.5) is 5.69 Å². The highest BCUT2D eigenvalue weighted by Gasteiger charge is 2.12. The van der Waals surface area contributed by atoms with E-state index in [4.69, 9.17) is 5.84 Å². The second-order valence-corrected chi connectivity index (χ2v) is 5.39. The molecule has 2 aromatic heterocycles. The molecule has 1 amide bonds. The summed E-state index contributed by atoms with van der Waals surface area (Å²) in [5.41, 5.74) is 5.03. The molecule has 3 rings (SSSR count). The largest absolute Gasteiger partial charge is 0.380 e. The Morgan fingerprint density at radius 1 is 1.24 bits per heavy atom. The number of benzene rings is 1. The van der Waals surface area contributed by atoms with Crippen LogP contribution in [0.2, 0.25) is 0 Å².